The minimum atomic E-state index is 0.599. The summed E-state index contributed by atoms with van der Waals surface area (Å²) in [5.74, 6) is 1.01. The number of benzene rings is 2. The molecule has 0 fully saturated rings. The molecule has 2 aromatic rings. The van der Waals surface area contributed by atoms with Crippen LogP contribution in [0.1, 0.15) is 30.5 Å². The molecule has 0 atom stereocenters. The van der Waals surface area contributed by atoms with Crippen molar-refractivity contribution >= 4 is 15.9 Å². The molecule has 0 radical (unpaired) electrons. The van der Waals surface area contributed by atoms with Gasteiger partial charge in [0.15, 0.2) is 0 Å². The molecule has 2 aromatic carbocycles. The average Bonchev–Trinajstić information content (AvgIpc) is 2.46. The Morgan fingerprint density at radius 2 is 1.74 bits per heavy atom. The minimum absolute atomic E-state index is 0.599. The first-order valence-corrected chi connectivity index (χ1v) is 7.52. The molecule has 0 spiro atoms. The van der Waals surface area contributed by atoms with Gasteiger partial charge in [0.05, 0.1) is 0 Å². The molecule has 1 nitrogen and oxygen atoms in total. The Hall–Kier alpha value is -1.28. The van der Waals surface area contributed by atoms with E-state index in [1.54, 1.807) is 0 Å². The third-order valence-corrected chi connectivity index (χ3v) is 4.04. The highest BCUT2D eigenvalue weighted by atomic mass is 79.9. The van der Waals surface area contributed by atoms with Crippen molar-refractivity contribution in [3.8, 4) is 5.75 Å². The van der Waals surface area contributed by atoms with E-state index < -0.39 is 0 Å². The summed E-state index contributed by atoms with van der Waals surface area (Å²) < 4.78 is 7.10. The maximum atomic E-state index is 6.01. The first-order chi connectivity index (χ1) is 9.24. The van der Waals surface area contributed by atoms with Crippen molar-refractivity contribution in [2.75, 3.05) is 0 Å². The van der Waals surface area contributed by atoms with Gasteiger partial charge in [-0.05, 0) is 36.1 Å². The zero-order valence-corrected chi connectivity index (χ0v) is 13.0. The number of aryl methyl sites for hydroxylation is 2. The number of halogens is 1. The van der Waals surface area contributed by atoms with Gasteiger partial charge in [-0.25, -0.2) is 0 Å². The fraction of sp³-hybridized carbons (Fsp3) is 0.294. The van der Waals surface area contributed by atoms with Crippen molar-refractivity contribution in [3.05, 3.63) is 63.6 Å². The quantitative estimate of drug-likeness (QED) is 0.740. The van der Waals surface area contributed by atoms with Crippen LogP contribution in [0.3, 0.4) is 0 Å². The maximum Gasteiger partial charge on any atom is 0.123 e. The molecule has 0 amide bonds. The van der Waals surface area contributed by atoms with Crippen molar-refractivity contribution in [2.45, 2.75) is 33.3 Å². The second kappa shape index (κ2) is 6.76. The van der Waals surface area contributed by atoms with E-state index in [-0.39, 0.29) is 0 Å². The summed E-state index contributed by atoms with van der Waals surface area (Å²) in [4.78, 5) is 0. The van der Waals surface area contributed by atoms with Crippen LogP contribution in [0, 0.1) is 0 Å². The molecule has 0 aromatic heterocycles. The Labute approximate surface area is 123 Å². The van der Waals surface area contributed by atoms with Crippen molar-refractivity contribution in [1.82, 2.24) is 0 Å². The topological polar surface area (TPSA) is 9.23 Å². The molecule has 2 heteroatoms. The van der Waals surface area contributed by atoms with Gasteiger partial charge >= 0.3 is 0 Å². The van der Waals surface area contributed by atoms with Crippen LogP contribution in [-0.2, 0) is 19.4 Å². The third kappa shape index (κ3) is 3.60. The lowest BCUT2D eigenvalue weighted by Gasteiger charge is -2.13. The molecule has 0 saturated carbocycles. The van der Waals surface area contributed by atoms with Crippen LogP contribution in [0.2, 0.25) is 0 Å². The van der Waals surface area contributed by atoms with Gasteiger partial charge in [0.25, 0.3) is 0 Å². The van der Waals surface area contributed by atoms with Gasteiger partial charge < -0.3 is 4.74 Å². The molecule has 19 heavy (non-hydrogen) atoms. The number of ether oxygens (including phenoxy) is 1. The molecule has 0 bridgehead atoms. The zero-order chi connectivity index (χ0) is 13.7. The monoisotopic (exact) mass is 318 g/mol. The Morgan fingerprint density at radius 3 is 2.42 bits per heavy atom. The summed E-state index contributed by atoms with van der Waals surface area (Å²) in [6.45, 7) is 4.92. The SMILES string of the molecule is CCc1ccc(CC)c(OCc2ccccc2Br)c1. The van der Waals surface area contributed by atoms with Crippen LogP contribution in [0.15, 0.2) is 46.9 Å². The molecule has 2 rings (SSSR count). The Morgan fingerprint density at radius 1 is 0.947 bits per heavy atom. The first-order valence-electron chi connectivity index (χ1n) is 6.72. The van der Waals surface area contributed by atoms with Gasteiger partial charge in [-0.1, -0.05) is 60.1 Å². The standard InChI is InChI=1S/C17H19BrO/c1-3-13-9-10-14(4-2)17(11-13)19-12-15-7-5-6-8-16(15)18/h5-11H,3-4,12H2,1-2H3. The van der Waals surface area contributed by atoms with E-state index in [1.807, 2.05) is 18.2 Å². The average molecular weight is 319 g/mol. The number of hydrogen-bond donors (Lipinski definition) is 0. The highest BCUT2D eigenvalue weighted by Crippen LogP contribution is 2.24. The largest absolute Gasteiger partial charge is 0.489 e. The van der Waals surface area contributed by atoms with Gasteiger partial charge in [0.1, 0.15) is 12.4 Å². The van der Waals surface area contributed by atoms with E-state index in [4.69, 9.17) is 4.74 Å². The van der Waals surface area contributed by atoms with Gasteiger partial charge in [-0.3, -0.25) is 0 Å². The number of hydrogen-bond acceptors (Lipinski definition) is 1. The lowest BCUT2D eigenvalue weighted by Crippen LogP contribution is -2.00. The van der Waals surface area contributed by atoms with E-state index in [0.29, 0.717) is 6.61 Å². The Kier molecular flexibility index (Phi) is 5.03. The Bertz CT molecular complexity index is 549. The van der Waals surface area contributed by atoms with Gasteiger partial charge in [-0.2, -0.15) is 0 Å². The molecule has 0 saturated heterocycles. The van der Waals surface area contributed by atoms with Crippen LogP contribution in [0.25, 0.3) is 0 Å². The minimum Gasteiger partial charge on any atom is -0.489 e. The predicted octanol–water partition coefficient (Wildman–Crippen LogP) is 5.15. The molecule has 0 aliphatic carbocycles. The summed E-state index contributed by atoms with van der Waals surface area (Å²) in [6.07, 6.45) is 2.03. The van der Waals surface area contributed by atoms with E-state index in [2.05, 4.69) is 54.0 Å². The molecular formula is C17H19BrO. The summed E-state index contributed by atoms with van der Waals surface area (Å²) >= 11 is 3.55. The smallest absolute Gasteiger partial charge is 0.123 e. The summed E-state index contributed by atoms with van der Waals surface area (Å²) in [7, 11) is 0. The van der Waals surface area contributed by atoms with E-state index in [0.717, 1.165) is 23.1 Å². The summed E-state index contributed by atoms with van der Waals surface area (Å²) in [5, 5.41) is 0. The van der Waals surface area contributed by atoms with Gasteiger partial charge in [0.2, 0.25) is 0 Å². The summed E-state index contributed by atoms with van der Waals surface area (Å²) in [6, 6.07) is 14.7. The third-order valence-electron chi connectivity index (χ3n) is 3.26. The second-order valence-electron chi connectivity index (χ2n) is 4.53. The highest BCUT2D eigenvalue weighted by Gasteiger charge is 2.05. The predicted molar refractivity (Wildman–Crippen MR) is 83.7 cm³/mol. The van der Waals surface area contributed by atoms with Crippen LogP contribution in [0.5, 0.6) is 5.75 Å². The highest BCUT2D eigenvalue weighted by molar-refractivity contribution is 9.10. The first kappa shape index (κ1) is 14.1. The van der Waals surface area contributed by atoms with E-state index in [9.17, 15) is 0 Å². The normalized spacial score (nSPS) is 10.5. The second-order valence-corrected chi connectivity index (χ2v) is 5.38. The molecule has 0 N–H and O–H groups in total. The van der Waals surface area contributed by atoms with Gasteiger partial charge in [0, 0.05) is 10.0 Å². The zero-order valence-electron chi connectivity index (χ0n) is 11.4. The maximum absolute atomic E-state index is 6.01. The van der Waals surface area contributed by atoms with Crippen molar-refractivity contribution in [2.24, 2.45) is 0 Å². The van der Waals surface area contributed by atoms with Crippen molar-refractivity contribution in [1.29, 1.82) is 0 Å². The molecule has 0 aliphatic heterocycles. The lowest BCUT2D eigenvalue weighted by molar-refractivity contribution is 0.302. The van der Waals surface area contributed by atoms with Gasteiger partial charge in [-0.15, -0.1) is 0 Å². The Balaban J connectivity index is 2.16. The lowest BCUT2D eigenvalue weighted by atomic mass is 10.1. The van der Waals surface area contributed by atoms with E-state index >= 15 is 0 Å². The number of rotatable bonds is 5. The molecule has 100 valence electrons. The fourth-order valence-corrected chi connectivity index (χ4v) is 2.42. The molecule has 0 heterocycles. The summed E-state index contributed by atoms with van der Waals surface area (Å²) in [5.41, 5.74) is 3.76. The van der Waals surface area contributed by atoms with Crippen LogP contribution >= 0.6 is 15.9 Å². The van der Waals surface area contributed by atoms with Crippen molar-refractivity contribution in [3.63, 3.8) is 0 Å². The van der Waals surface area contributed by atoms with Crippen LogP contribution in [0.4, 0.5) is 0 Å². The molecular weight excluding hydrogens is 300 g/mol. The fourth-order valence-electron chi connectivity index (χ4n) is 2.02. The van der Waals surface area contributed by atoms with E-state index in [1.165, 1.54) is 16.7 Å². The molecule has 0 unspecified atom stereocenters. The van der Waals surface area contributed by atoms with Crippen LogP contribution < -0.4 is 4.74 Å². The van der Waals surface area contributed by atoms with Crippen LogP contribution in [-0.4, -0.2) is 0 Å². The molecule has 0 aliphatic rings. The van der Waals surface area contributed by atoms with Crippen molar-refractivity contribution < 1.29 is 4.74 Å².